The Bertz CT molecular complexity index is 4270. The maximum Gasteiger partial charge on any atom is 0.132 e. The van der Waals surface area contributed by atoms with Crippen molar-refractivity contribution >= 4 is 17.1 Å². The molecule has 0 N–H and O–H groups in total. The summed E-state index contributed by atoms with van der Waals surface area (Å²) in [5.41, 5.74) is 23.9. The fraction of sp³-hybridized carbons (Fsp3) is 0.0270. The van der Waals surface area contributed by atoms with E-state index in [-0.39, 0.29) is 0 Å². The molecule has 2 aliphatic heterocycles. The number of fused-ring (bicyclic) bond motifs is 18. The lowest BCUT2D eigenvalue weighted by atomic mass is 9.66. The van der Waals surface area contributed by atoms with Gasteiger partial charge in [0.2, 0.25) is 0 Å². The van der Waals surface area contributed by atoms with E-state index < -0.39 is 10.8 Å². The third kappa shape index (κ3) is 6.20. The number of para-hydroxylation sites is 5. The van der Waals surface area contributed by atoms with Crippen molar-refractivity contribution in [3.8, 4) is 78.6 Å². The maximum atomic E-state index is 6.62. The van der Waals surface area contributed by atoms with Crippen LogP contribution in [0.15, 0.2) is 285 Å². The SMILES string of the molecule is c1ccc(-c2ccccc2N(c2ccc(-c3ccc4c(c3)-c3ccccc3C43c4ccccc4Oc4ccccc43)cc2)c2cccc(-c3ccc4c(c3)-c3ccccc3C43c4ccccc4Oc4ccccc43)c2)cc1. The van der Waals surface area contributed by atoms with Gasteiger partial charge < -0.3 is 14.4 Å². The molecule has 0 saturated heterocycles. The molecule has 3 heteroatoms. The monoisotopic (exact) mass is 981 g/mol. The van der Waals surface area contributed by atoms with Crippen LogP contribution in [0, 0.1) is 0 Å². The van der Waals surface area contributed by atoms with Crippen LogP contribution >= 0.6 is 0 Å². The summed E-state index contributed by atoms with van der Waals surface area (Å²) in [5, 5.41) is 0. The Morgan fingerprint density at radius 3 is 1.12 bits per heavy atom. The van der Waals surface area contributed by atoms with Crippen molar-refractivity contribution in [3.05, 3.63) is 330 Å². The lowest BCUT2D eigenvalue weighted by molar-refractivity contribution is 0.436. The summed E-state index contributed by atoms with van der Waals surface area (Å²) in [7, 11) is 0. The van der Waals surface area contributed by atoms with Crippen LogP contribution < -0.4 is 14.4 Å². The Morgan fingerprint density at radius 2 is 0.597 bits per heavy atom. The van der Waals surface area contributed by atoms with Crippen LogP contribution in [0.5, 0.6) is 23.0 Å². The van der Waals surface area contributed by atoms with E-state index in [1.165, 1.54) is 72.3 Å². The Balaban J connectivity index is 0.820. The highest BCUT2D eigenvalue weighted by Crippen LogP contribution is 2.64. The summed E-state index contributed by atoms with van der Waals surface area (Å²) in [5.74, 6) is 3.59. The average Bonchev–Trinajstić information content (AvgIpc) is 3.77. The molecule has 0 fully saturated rings. The maximum absolute atomic E-state index is 6.62. The molecule has 0 amide bonds. The first-order valence-electron chi connectivity index (χ1n) is 26.6. The largest absolute Gasteiger partial charge is 0.457 e. The third-order valence-corrected chi connectivity index (χ3v) is 16.8. The highest BCUT2D eigenvalue weighted by atomic mass is 16.5. The Labute approximate surface area is 448 Å². The Morgan fingerprint density at radius 1 is 0.221 bits per heavy atom. The second-order valence-electron chi connectivity index (χ2n) is 20.6. The van der Waals surface area contributed by atoms with Crippen molar-refractivity contribution in [2.75, 3.05) is 4.90 Å². The first-order valence-corrected chi connectivity index (χ1v) is 26.6. The van der Waals surface area contributed by atoms with Crippen molar-refractivity contribution in [1.82, 2.24) is 0 Å². The van der Waals surface area contributed by atoms with Gasteiger partial charge in [0.25, 0.3) is 0 Å². The van der Waals surface area contributed by atoms with Gasteiger partial charge in [0.1, 0.15) is 23.0 Å². The summed E-state index contributed by atoms with van der Waals surface area (Å²) in [6.07, 6.45) is 0. The van der Waals surface area contributed by atoms with Gasteiger partial charge in [-0.25, -0.2) is 0 Å². The Kier molecular flexibility index (Phi) is 9.47. The summed E-state index contributed by atoms with van der Waals surface area (Å²) < 4.78 is 13.2. The summed E-state index contributed by atoms with van der Waals surface area (Å²) >= 11 is 0. The lowest BCUT2D eigenvalue weighted by Gasteiger charge is -2.39. The number of benzene rings is 12. The first kappa shape index (κ1) is 43.4. The second kappa shape index (κ2) is 16.8. The Hall–Kier alpha value is -9.96. The molecule has 77 heavy (non-hydrogen) atoms. The van der Waals surface area contributed by atoms with E-state index in [1.807, 2.05) is 0 Å². The van der Waals surface area contributed by atoms with E-state index in [4.69, 9.17) is 9.47 Å². The standard InChI is InChI=1S/C74H47NO2/c1-2-19-49(20-3-1)55-23-6-13-32-68(55)75(53-41-37-48(38-42-53)51-39-43-62-58(46-51)56-24-4-7-26-60(56)73(62)64-28-9-14-33-69(64)76-70-34-15-10-29-65(70)73)54-22-18-21-50(45-54)52-40-44-63-59(47-52)57-25-5-8-27-61(57)74(63)66-30-11-16-35-71(66)77-72-36-17-12-31-67(72)74/h1-47H. The molecule has 0 radical (unpaired) electrons. The number of anilines is 3. The van der Waals surface area contributed by atoms with E-state index in [0.29, 0.717) is 0 Å². The van der Waals surface area contributed by atoms with Crippen molar-refractivity contribution in [2.45, 2.75) is 10.8 Å². The molecule has 4 aliphatic rings. The molecule has 16 rings (SSSR count). The predicted molar refractivity (Wildman–Crippen MR) is 312 cm³/mol. The molecular weight excluding hydrogens is 935 g/mol. The van der Waals surface area contributed by atoms with Crippen LogP contribution in [0.2, 0.25) is 0 Å². The normalized spacial score (nSPS) is 13.9. The molecular formula is C74H47NO2. The van der Waals surface area contributed by atoms with Crippen LogP contribution in [-0.2, 0) is 10.8 Å². The molecule has 2 spiro atoms. The quantitative estimate of drug-likeness (QED) is 0.166. The third-order valence-electron chi connectivity index (χ3n) is 16.8. The van der Waals surface area contributed by atoms with Gasteiger partial charge in [-0.05, 0) is 139 Å². The zero-order valence-electron chi connectivity index (χ0n) is 41.9. The fourth-order valence-electron chi connectivity index (χ4n) is 13.7. The van der Waals surface area contributed by atoms with Crippen molar-refractivity contribution < 1.29 is 9.47 Å². The van der Waals surface area contributed by atoms with Gasteiger partial charge in [-0.2, -0.15) is 0 Å². The number of hydrogen-bond acceptors (Lipinski definition) is 3. The molecule has 2 aliphatic carbocycles. The molecule has 0 atom stereocenters. The number of ether oxygens (including phenoxy) is 2. The van der Waals surface area contributed by atoms with Gasteiger partial charge in [0.15, 0.2) is 0 Å². The number of rotatable bonds is 6. The van der Waals surface area contributed by atoms with E-state index in [1.54, 1.807) is 0 Å². The van der Waals surface area contributed by atoms with E-state index >= 15 is 0 Å². The minimum Gasteiger partial charge on any atom is -0.457 e. The summed E-state index contributed by atoms with van der Waals surface area (Å²) in [6, 6.07) is 104. The highest BCUT2D eigenvalue weighted by Gasteiger charge is 2.52. The number of nitrogens with zero attached hydrogens (tertiary/aromatic N) is 1. The van der Waals surface area contributed by atoms with Gasteiger partial charge in [0, 0.05) is 39.2 Å². The highest BCUT2D eigenvalue weighted by molar-refractivity contribution is 5.94. The van der Waals surface area contributed by atoms with Crippen LogP contribution in [0.1, 0.15) is 44.5 Å². The molecule has 12 aromatic rings. The second-order valence-corrected chi connectivity index (χ2v) is 20.6. The van der Waals surface area contributed by atoms with Gasteiger partial charge in [-0.3, -0.25) is 0 Å². The zero-order valence-corrected chi connectivity index (χ0v) is 41.9. The molecule has 0 saturated carbocycles. The minimum absolute atomic E-state index is 0.503. The van der Waals surface area contributed by atoms with Crippen LogP contribution in [0.4, 0.5) is 17.1 Å². The van der Waals surface area contributed by atoms with Gasteiger partial charge in [0.05, 0.1) is 16.5 Å². The van der Waals surface area contributed by atoms with Crippen LogP contribution in [0.25, 0.3) is 55.6 Å². The average molecular weight is 982 g/mol. The smallest absolute Gasteiger partial charge is 0.132 e. The number of hydrogen-bond donors (Lipinski definition) is 0. The molecule has 12 aromatic carbocycles. The first-order chi connectivity index (χ1) is 38.2. The fourth-order valence-corrected chi connectivity index (χ4v) is 13.7. The van der Waals surface area contributed by atoms with Crippen molar-refractivity contribution in [3.63, 3.8) is 0 Å². The predicted octanol–water partition coefficient (Wildman–Crippen LogP) is 19.1. The van der Waals surface area contributed by atoms with E-state index in [0.717, 1.165) is 67.9 Å². The summed E-state index contributed by atoms with van der Waals surface area (Å²) in [6.45, 7) is 0. The van der Waals surface area contributed by atoms with Crippen molar-refractivity contribution in [1.29, 1.82) is 0 Å². The minimum atomic E-state index is -0.516. The molecule has 3 nitrogen and oxygen atoms in total. The zero-order chi connectivity index (χ0) is 50.7. The molecule has 2 heterocycles. The van der Waals surface area contributed by atoms with Crippen molar-refractivity contribution in [2.24, 2.45) is 0 Å². The summed E-state index contributed by atoms with van der Waals surface area (Å²) in [4.78, 5) is 2.42. The molecule has 0 bridgehead atoms. The van der Waals surface area contributed by atoms with Crippen LogP contribution in [0.3, 0.4) is 0 Å². The molecule has 0 unspecified atom stereocenters. The van der Waals surface area contributed by atoms with Gasteiger partial charge in [-0.15, -0.1) is 0 Å². The lowest BCUT2D eigenvalue weighted by Crippen LogP contribution is -2.32. The van der Waals surface area contributed by atoms with E-state index in [9.17, 15) is 0 Å². The van der Waals surface area contributed by atoms with Gasteiger partial charge >= 0.3 is 0 Å². The topological polar surface area (TPSA) is 21.7 Å². The van der Waals surface area contributed by atoms with Gasteiger partial charge in [-0.1, -0.05) is 218 Å². The molecule has 360 valence electrons. The van der Waals surface area contributed by atoms with Crippen LogP contribution in [-0.4, -0.2) is 0 Å². The molecule has 0 aromatic heterocycles. The van der Waals surface area contributed by atoms with E-state index in [2.05, 4.69) is 290 Å².